The van der Waals surface area contributed by atoms with E-state index < -0.39 is 0 Å². The van der Waals surface area contributed by atoms with Gasteiger partial charge >= 0.3 is 0 Å². The highest BCUT2D eigenvalue weighted by Gasteiger charge is 2.16. The van der Waals surface area contributed by atoms with E-state index in [0.717, 1.165) is 24.2 Å². The number of ketones is 1. The van der Waals surface area contributed by atoms with E-state index in [-0.39, 0.29) is 11.7 Å². The average molecular weight is 246 g/mol. The van der Waals surface area contributed by atoms with E-state index in [4.69, 9.17) is 4.74 Å². The monoisotopic (exact) mass is 246 g/mol. The Kier molecular flexibility index (Phi) is 4.40. The molecular formula is C16H22O2. The molecule has 2 heteroatoms. The van der Waals surface area contributed by atoms with Crippen LogP contribution in [0.4, 0.5) is 0 Å². The third kappa shape index (κ3) is 3.34. The molecule has 1 fully saturated rings. The molecule has 1 aromatic carbocycles. The van der Waals surface area contributed by atoms with Crippen molar-refractivity contribution in [2.45, 2.75) is 52.1 Å². The molecule has 1 aliphatic carbocycles. The van der Waals surface area contributed by atoms with Crippen molar-refractivity contribution in [2.75, 3.05) is 0 Å². The second-order valence-electron chi connectivity index (χ2n) is 5.42. The molecule has 1 aromatic rings. The molecule has 0 radical (unpaired) electrons. The van der Waals surface area contributed by atoms with E-state index in [0.29, 0.717) is 6.10 Å². The third-order valence-electron chi connectivity index (χ3n) is 3.50. The molecular weight excluding hydrogens is 224 g/mol. The molecule has 0 atom stereocenters. The van der Waals surface area contributed by atoms with Crippen LogP contribution in [-0.2, 0) is 0 Å². The van der Waals surface area contributed by atoms with E-state index in [1.165, 1.54) is 19.3 Å². The minimum atomic E-state index is 0.0370. The Hall–Kier alpha value is -1.31. The maximum Gasteiger partial charge on any atom is 0.165 e. The Morgan fingerprint density at radius 1 is 1.22 bits per heavy atom. The molecule has 0 N–H and O–H groups in total. The topological polar surface area (TPSA) is 26.3 Å². The average Bonchev–Trinajstić information content (AvgIpc) is 2.39. The highest BCUT2D eigenvalue weighted by molar-refractivity contribution is 5.97. The Bertz CT molecular complexity index is 403. The van der Waals surface area contributed by atoms with Gasteiger partial charge in [-0.1, -0.05) is 32.4 Å². The summed E-state index contributed by atoms with van der Waals surface area (Å²) in [5.74, 6) is 1.06. The second-order valence-corrected chi connectivity index (χ2v) is 5.42. The molecule has 0 aliphatic heterocycles. The first-order valence-electron chi connectivity index (χ1n) is 6.98. The summed E-state index contributed by atoms with van der Waals surface area (Å²) < 4.78 is 5.97. The fourth-order valence-electron chi connectivity index (χ4n) is 2.43. The van der Waals surface area contributed by atoms with Crippen LogP contribution < -0.4 is 4.74 Å². The quantitative estimate of drug-likeness (QED) is 0.743. The normalized spacial score (nSPS) is 16.8. The minimum Gasteiger partial charge on any atom is -0.490 e. The lowest BCUT2D eigenvalue weighted by atomic mass is 9.97. The van der Waals surface area contributed by atoms with Crippen LogP contribution in [-0.4, -0.2) is 11.9 Å². The summed E-state index contributed by atoms with van der Waals surface area (Å²) in [5.41, 5.74) is 0.762. The lowest BCUT2D eigenvalue weighted by Crippen LogP contribution is -2.19. The number of Topliss-reactive ketones (excluding diaryl/α,β-unsaturated/α-hetero) is 1. The number of hydrogen-bond acceptors (Lipinski definition) is 2. The molecule has 2 rings (SSSR count). The lowest BCUT2D eigenvalue weighted by Gasteiger charge is -2.23. The van der Waals surface area contributed by atoms with Crippen molar-refractivity contribution in [3.8, 4) is 5.75 Å². The van der Waals surface area contributed by atoms with Gasteiger partial charge in [-0.3, -0.25) is 4.79 Å². The molecule has 0 spiro atoms. The first kappa shape index (κ1) is 13.1. The van der Waals surface area contributed by atoms with Gasteiger partial charge in [-0.25, -0.2) is 0 Å². The zero-order valence-corrected chi connectivity index (χ0v) is 11.3. The number of carbonyl (C=O) groups is 1. The van der Waals surface area contributed by atoms with Gasteiger partial charge in [-0.2, -0.15) is 0 Å². The first-order valence-corrected chi connectivity index (χ1v) is 6.98. The van der Waals surface area contributed by atoms with Gasteiger partial charge in [0.1, 0.15) is 5.75 Å². The van der Waals surface area contributed by atoms with Crippen molar-refractivity contribution < 1.29 is 9.53 Å². The predicted molar refractivity (Wildman–Crippen MR) is 73.1 cm³/mol. The van der Waals surface area contributed by atoms with E-state index in [2.05, 4.69) is 0 Å². The van der Waals surface area contributed by atoms with Crippen molar-refractivity contribution in [2.24, 2.45) is 5.92 Å². The molecule has 0 saturated heterocycles. The summed E-state index contributed by atoms with van der Waals surface area (Å²) in [6, 6.07) is 7.62. The minimum absolute atomic E-state index is 0.0370. The standard InChI is InChI=1S/C16H22O2/c1-12(2)16(17)13-7-6-10-15(11-13)18-14-8-4-3-5-9-14/h6-7,10-12,14H,3-5,8-9H2,1-2H3. The van der Waals surface area contributed by atoms with Crippen molar-refractivity contribution in [3.63, 3.8) is 0 Å². The zero-order chi connectivity index (χ0) is 13.0. The number of carbonyl (C=O) groups excluding carboxylic acids is 1. The molecule has 0 unspecified atom stereocenters. The van der Waals surface area contributed by atoms with E-state index in [9.17, 15) is 4.79 Å². The van der Waals surface area contributed by atoms with E-state index in [1.54, 1.807) is 0 Å². The van der Waals surface area contributed by atoms with Gasteiger partial charge < -0.3 is 4.74 Å². The van der Waals surface area contributed by atoms with Gasteiger partial charge in [0.05, 0.1) is 6.10 Å². The highest BCUT2D eigenvalue weighted by atomic mass is 16.5. The van der Waals surface area contributed by atoms with Crippen LogP contribution in [0.25, 0.3) is 0 Å². The molecule has 2 nitrogen and oxygen atoms in total. The molecule has 1 aliphatic rings. The Labute approximate surface area is 109 Å². The van der Waals surface area contributed by atoms with Gasteiger partial charge in [0.25, 0.3) is 0 Å². The van der Waals surface area contributed by atoms with Crippen LogP contribution in [0.5, 0.6) is 5.75 Å². The SMILES string of the molecule is CC(C)C(=O)c1cccc(OC2CCCCC2)c1. The molecule has 18 heavy (non-hydrogen) atoms. The number of hydrogen-bond donors (Lipinski definition) is 0. The molecule has 0 aromatic heterocycles. The summed E-state index contributed by atoms with van der Waals surface area (Å²) in [4.78, 5) is 11.9. The maximum atomic E-state index is 11.9. The fourth-order valence-corrected chi connectivity index (χ4v) is 2.43. The third-order valence-corrected chi connectivity index (χ3v) is 3.50. The number of benzene rings is 1. The summed E-state index contributed by atoms with van der Waals surface area (Å²) >= 11 is 0. The van der Waals surface area contributed by atoms with Crippen LogP contribution in [0.2, 0.25) is 0 Å². The molecule has 0 heterocycles. The Morgan fingerprint density at radius 3 is 2.61 bits per heavy atom. The fraction of sp³-hybridized carbons (Fsp3) is 0.562. The van der Waals surface area contributed by atoms with E-state index in [1.807, 2.05) is 38.1 Å². The van der Waals surface area contributed by atoms with Gasteiger partial charge in [-0.15, -0.1) is 0 Å². The Balaban J connectivity index is 2.04. The number of ether oxygens (including phenoxy) is 1. The Morgan fingerprint density at radius 2 is 1.94 bits per heavy atom. The summed E-state index contributed by atoms with van der Waals surface area (Å²) in [5, 5.41) is 0. The van der Waals surface area contributed by atoms with Crippen molar-refractivity contribution >= 4 is 5.78 Å². The maximum absolute atomic E-state index is 11.9. The second kappa shape index (κ2) is 6.03. The lowest BCUT2D eigenvalue weighted by molar-refractivity contribution is 0.0938. The first-order chi connectivity index (χ1) is 8.66. The van der Waals surface area contributed by atoms with Gasteiger partial charge in [0.2, 0.25) is 0 Å². The van der Waals surface area contributed by atoms with Crippen LogP contribution in [0.1, 0.15) is 56.3 Å². The van der Waals surface area contributed by atoms with Gasteiger partial charge in [0.15, 0.2) is 5.78 Å². The summed E-state index contributed by atoms with van der Waals surface area (Å²) in [6.07, 6.45) is 6.46. The largest absolute Gasteiger partial charge is 0.490 e. The van der Waals surface area contributed by atoms with Crippen molar-refractivity contribution in [3.05, 3.63) is 29.8 Å². The van der Waals surface area contributed by atoms with Crippen LogP contribution in [0.3, 0.4) is 0 Å². The van der Waals surface area contributed by atoms with Gasteiger partial charge in [-0.05, 0) is 37.8 Å². The van der Waals surface area contributed by atoms with Crippen LogP contribution in [0.15, 0.2) is 24.3 Å². The van der Waals surface area contributed by atoms with Crippen molar-refractivity contribution in [1.82, 2.24) is 0 Å². The molecule has 0 bridgehead atoms. The summed E-state index contributed by atoms with van der Waals surface area (Å²) in [7, 11) is 0. The predicted octanol–water partition coefficient (Wildman–Crippen LogP) is 4.24. The van der Waals surface area contributed by atoms with Gasteiger partial charge in [0, 0.05) is 11.5 Å². The molecule has 1 saturated carbocycles. The smallest absolute Gasteiger partial charge is 0.165 e. The van der Waals surface area contributed by atoms with Crippen LogP contribution in [0, 0.1) is 5.92 Å². The summed E-state index contributed by atoms with van der Waals surface area (Å²) in [6.45, 7) is 3.86. The van der Waals surface area contributed by atoms with E-state index >= 15 is 0 Å². The molecule has 0 amide bonds. The highest BCUT2D eigenvalue weighted by Crippen LogP contribution is 2.24. The van der Waals surface area contributed by atoms with Crippen LogP contribution >= 0.6 is 0 Å². The number of rotatable bonds is 4. The zero-order valence-electron chi connectivity index (χ0n) is 11.3. The molecule has 98 valence electrons. The van der Waals surface area contributed by atoms with Crippen molar-refractivity contribution in [1.29, 1.82) is 0 Å².